The van der Waals surface area contributed by atoms with Gasteiger partial charge in [0, 0.05) is 6.04 Å². The quantitative estimate of drug-likeness (QED) is 0.802. The van der Waals surface area contributed by atoms with E-state index in [1.165, 1.54) is 0 Å². The Bertz CT molecular complexity index is 309. The standard InChI is InChI=1S/C11H23NO2S/c1-5-8-15(13,14)9-6-7-11(2,3)10(9)12-4/h9-10,12H,5-8H2,1-4H3. The van der Waals surface area contributed by atoms with Crippen molar-refractivity contribution in [1.29, 1.82) is 0 Å². The third kappa shape index (κ3) is 2.53. The highest BCUT2D eigenvalue weighted by Crippen LogP contribution is 2.40. The Balaban J connectivity index is 2.89. The molecule has 1 aliphatic rings. The molecule has 0 amide bonds. The van der Waals surface area contributed by atoms with Crippen LogP contribution in [0.15, 0.2) is 0 Å². The minimum Gasteiger partial charge on any atom is -0.315 e. The van der Waals surface area contributed by atoms with Crippen molar-refractivity contribution in [3.63, 3.8) is 0 Å². The molecule has 1 saturated carbocycles. The first-order chi connectivity index (χ1) is 6.85. The van der Waals surface area contributed by atoms with E-state index in [1.807, 2.05) is 14.0 Å². The van der Waals surface area contributed by atoms with Crippen molar-refractivity contribution >= 4 is 9.84 Å². The monoisotopic (exact) mass is 233 g/mol. The Hall–Kier alpha value is -0.0900. The summed E-state index contributed by atoms with van der Waals surface area (Å²) in [6.07, 6.45) is 2.52. The average molecular weight is 233 g/mol. The van der Waals surface area contributed by atoms with Crippen LogP contribution in [0.25, 0.3) is 0 Å². The van der Waals surface area contributed by atoms with Crippen molar-refractivity contribution in [2.75, 3.05) is 12.8 Å². The molecule has 1 aliphatic carbocycles. The Labute approximate surface area is 93.6 Å². The lowest BCUT2D eigenvalue weighted by Crippen LogP contribution is -2.46. The molecule has 2 atom stereocenters. The largest absolute Gasteiger partial charge is 0.315 e. The zero-order valence-electron chi connectivity index (χ0n) is 10.2. The summed E-state index contributed by atoms with van der Waals surface area (Å²) in [6, 6.07) is 0.106. The van der Waals surface area contributed by atoms with Crippen molar-refractivity contribution in [1.82, 2.24) is 5.32 Å². The van der Waals surface area contributed by atoms with Crippen LogP contribution in [0.3, 0.4) is 0 Å². The Morgan fingerprint density at radius 2 is 2.00 bits per heavy atom. The molecule has 0 radical (unpaired) electrons. The summed E-state index contributed by atoms with van der Waals surface area (Å²) in [5.41, 5.74) is 0.0974. The number of rotatable bonds is 4. The van der Waals surface area contributed by atoms with Crippen molar-refractivity contribution in [2.45, 2.75) is 51.3 Å². The van der Waals surface area contributed by atoms with Crippen LogP contribution in [0.2, 0.25) is 0 Å². The predicted molar refractivity (Wildman–Crippen MR) is 63.7 cm³/mol. The van der Waals surface area contributed by atoms with Gasteiger partial charge in [0.25, 0.3) is 0 Å². The summed E-state index contributed by atoms with van der Waals surface area (Å²) in [7, 11) is -1.04. The van der Waals surface area contributed by atoms with Crippen molar-refractivity contribution in [3.8, 4) is 0 Å². The molecule has 2 unspecified atom stereocenters. The van der Waals surface area contributed by atoms with Crippen LogP contribution in [0.5, 0.6) is 0 Å². The van der Waals surface area contributed by atoms with Gasteiger partial charge in [0.05, 0.1) is 11.0 Å². The smallest absolute Gasteiger partial charge is 0.154 e. The van der Waals surface area contributed by atoms with Gasteiger partial charge in [-0.1, -0.05) is 20.8 Å². The van der Waals surface area contributed by atoms with Crippen molar-refractivity contribution in [2.24, 2.45) is 5.41 Å². The molecule has 1 N–H and O–H groups in total. The van der Waals surface area contributed by atoms with Crippen molar-refractivity contribution in [3.05, 3.63) is 0 Å². The van der Waals surface area contributed by atoms with Gasteiger partial charge >= 0.3 is 0 Å². The van der Waals surface area contributed by atoms with E-state index >= 15 is 0 Å². The molecule has 0 aromatic rings. The molecule has 1 rings (SSSR count). The molecule has 0 aliphatic heterocycles. The van der Waals surface area contributed by atoms with E-state index in [9.17, 15) is 8.42 Å². The molecule has 90 valence electrons. The molecule has 0 heterocycles. The molecule has 0 aromatic carbocycles. The second-order valence-electron chi connectivity index (χ2n) is 5.20. The van der Waals surface area contributed by atoms with Gasteiger partial charge in [-0.3, -0.25) is 0 Å². The third-order valence-electron chi connectivity index (χ3n) is 3.55. The van der Waals surface area contributed by atoms with E-state index in [0.29, 0.717) is 5.75 Å². The third-order valence-corrected chi connectivity index (χ3v) is 5.96. The van der Waals surface area contributed by atoms with E-state index in [2.05, 4.69) is 19.2 Å². The Morgan fingerprint density at radius 1 is 1.40 bits per heavy atom. The first-order valence-electron chi connectivity index (χ1n) is 5.74. The lowest BCUT2D eigenvalue weighted by molar-refractivity contribution is 0.297. The van der Waals surface area contributed by atoms with Crippen LogP contribution in [0.1, 0.15) is 40.0 Å². The SMILES string of the molecule is CCCS(=O)(=O)C1CCC(C)(C)C1NC. The molecule has 4 heteroatoms. The molecule has 3 nitrogen and oxygen atoms in total. The van der Waals surface area contributed by atoms with E-state index in [4.69, 9.17) is 0 Å². The van der Waals surface area contributed by atoms with Gasteiger partial charge in [-0.15, -0.1) is 0 Å². The van der Waals surface area contributed by atoms with Gasteiger partial charge in [-0.2, -0.15) is 0 Å². The molecule has 1 fully saturated rings. The van der Waals surface area contributed by atoms with E-state index in [1.54, 1.807) is 0 Å². The number of hydrogen-bond acceptors (Lipinski definition) is 3. The number of nitrogens with one attached hydrogen (secondary N) is 1. The van der Waals surface area contributed by atoms with Gasteiger partial charge in [-0.05, 0) is 31.7 Å². The summed E-state index contributed by atoms with van der Waals surface area (Å²) in [5.74, 6) is 0.325. The van der Waals surface area contributed by atoms with Crippen LogP contribution in [0.4, 0.5) is 0 Å². The summed E-state index contributed by atoms with van der Waals surface area (Å²) < 4.78 is 24.1. The van der Waals surface area contributed by atoms with Gasteiger partial charge in [0.15, 0.2) is 9.84 Å². The first kappa shape index (κ1) is 13.0. The van der Waals surface area contributed by atoms with Crippen LogP contribution in [-0.2, 0) is 9.84 Å². The fourth-order valence-electron chi connectivity index (χ4n) is 2.74. The lowest BCUT2D eigenvalue weighted by Gasteiger charge is -2.30. The molecule has 0 spiro atoms. The van der Waals surface area contributed by atoms with Gasteiger partial charge < -0.3 is 5.32 Å². The fourth-order valence-corrected chi connectivity index (χ4v) is 5.01. The van der Waals surface area contributed by atoms with E-state index < -0.39 is 9.84 Å². The maximum atomic E-state index is 12.0. The predicted octanol–water partition coefficient (Wildman–Crippen LogP) is 1.59. The zero-order valence-corrected chi connectivity index (χ0v) is 11.0. The maximum Gasteiger partial charge on any atom is 0.154 e. The van der Waals surface area contributed by atoms with Gasteiger partial charge in [0.1, 0.15) is 0 Å². The summed E-state index contributed by atoms with van der Waals surface area (Å²) in [6.45, 7) is 6.22. The molecule has 0 aromatic heterocycles. The molecule has 0 saturated heterocycles. The van der Waals surface area contributed by atoms with Gasteiger partial charge in [0.2, 0.25) is 0 Å². The van der Waals surface area contributed by atoms with E-state index in [-0.39, 0.29) is 16.7 Å². The summed E-state index contributed by atoms with van der Waals surface area (Å²) in [5, 5.41) is 3.01. The van der Waals surface area contributed by atoms with Crippen LogP contribution >= 0.6 is 0 Å². The highest BCUT2D eigenvalue weighted by atomic mass is 32.2. The second-order valence-corrected chi connectivity index (χ2v) is 7.54. The van der Waals surface area contributed by atoms with Crippen LogP contribution < -0.4 is 5.32 Å². The average Bonchev–Trinajstić information content (AvgIpc) is 2.41. The molecule has 15 heavy (non-hydrogen) atoms. The topological polar surface area (TPSA) is 46.2 Å². The number of hydrogen-bond donors (Lipinski definition) is 1. The van der Waals surface area contributed by atoms with Crippen molar-refractivity contribution < 1.29 is 8.42 Å². The number of sulfone groups is 1. The normalized spacial score (nSPS) is 30.7. The fraction of sp³-hybridized carbons (Fsp3) is 1.00. The van der Waals surface area contributed by atoms with E-state index in [0.717, 1.165) is 19.3 Å². The lowest BCUT2D eigenvalue weighted by atomic mass is 9.87. The molecular formula is C11H23NO2S. The minimum atomic E-state index is -2.90. The molecular weight excluding hydrogens is 210 g/mol. The molecule has 0 bridgehead atoms. The second kappa shape index (κ2) is 4.42. The first-order valence-corrected chi connectivity index (χ1v) is 7.45. The van der Waals surface area contributed by atoms with Crippen LogP contribution in [-0.4, -0.2) is 32.5 Å². The zero-order chi connectivity index (χ0) is 11.7. The maximum absolute atomic E-state index is 12.0. The van der Waals surface area contributed by atoms with Gasteiger partial charge in [-0.25, -0.2) is 8.42 Å². The summed E-state index contributed by atoms with van der Waals surface area (Å²) >= 11 is 0. The Kier molecular flexibility index (Phi) is 3.82. The Morgan fingerprint density at radius 3 is 2.47 bits per heavy atom. The summed E-state index contributed by atoms with van der Waals surface area (Å²) in [4.78, 5) is 0. The highest BCUT2D eigenvalue weighted by Gasteiger charge is 2.46. The highest BCUT2D eigenvalue weighted by molar-refractivity contribution is 7.92. The van der Waals surface area contributed by atoms with Crippen LogP contribution in [0, 0.1) is 5.41 Å². The minimum absolute atomic E-state index is 0.0974.